The predicted octanol–water partition coefficient (Wildman–Crippen LogP) is 3.20. The van der Waals surface area contributed by atoms with Crippen LogP contribution in [0.3, 0.4) is 0 Å². The standard InChI is InChI=1S/C11H13BrFNO/c1-15-10-7-8(13)6-9(12)11(10)14-4-2-3-5-14/h6-7H,2-5H2,1H3. The molecule has 0 amide bonds. The van der Waals surface area contributed by atoms with E-state index in [4.69, 9.17) is 4.74 Å². The molecule has 1 saturated heterocycles. The minimum Gasteiger partial charge on any atom is -0.494 e. The molecule has 15 heavy (non-hydrogen) atoms. The first-order chi connectivity index (χ1) is 7.22. The Kier molecular flexibility index (Phi) is 3.14. The van der Waals surface area contributed by atoms with Gasteiger partial charge in [-0.15, -0.1) is 0 Å². The molecule has 0 aromatic heterocycles. The van der Waals surface area contributed by atoms with Crippen molar-refractivity contribution in [3.05, 3.63) is 22.4 Å². The molecule has 1 aromatic rings. The molecule has 1 aliphatic rings. The minimum atomic E-state index is -0.276. The number of hydrogen-bond donors (Lipinski definition) is 0. The van der Waals surface area contributed by atoms with Gasteiger partial charge in [-0.2, -0.15) is 0 Å². The van der Waals surface area contributed by atoms with Crippen molar-refractivity contribution in [1.82, 2.24) is 0 Å². The van der Waals surface area contributed by atoms with Crippen LogP contribution in [0.1, 0.15) is 12.8 Å². The van der Waals surface area contributed by atoms with E-state index in [0.717, 1.165) is 23.2 Å². The highest BCUT2D eigenvalue weighted by Gasteiger charge is 2.20. The Labute approximate surface area is 97.2 Å². The second kappa shape index (κ2) is 4.39. The summed E-state index contributed by atoms with van der Waals surface area (Å²) in [5.74, 6) is 0.324. The van der Waals surface area contributed by atoms with Gasteiger partial charge in [0.1, 0.15) is 11.6 Å². The highest BCUT2D eigenvalue weighted by molar-refractivity contribution is 9.10. The summed E-state index contributed by atoms with van der Waals surface area (Å²) in [5, 5.41) is 0. The van der Waals surface area contributed by atoms with E-state index in [2.05, 4.69) is 20.8 Å². The van der Waals surface area contributed by atoms with E-state index in [-0.39, 0.29) is 5.82 Å². The number of hydrogen-bond acceptors (Lipinski definition) is 2. The van der Waals surface area contributed by atoms with Crippen molar-refractivity contribution in [1.29, 1.82) is 0 Å². The molecule has 0 radical (unpaired) electrons. The van der Waals surface area contributed by atoms with Gasteiger partial charge in [0.15, 0.2) is 0 Å². The monoisotopic (exact) mass is 273 g/mol. The Hall–Kier alpha value is -0.770. The van der Waals surface area contributed by atoms with Gasteiger partial charge in [-0.3, -0.25) is 0 Å². The lowest BCUT2D eigenvalue weighted by atomic mass is 10.2. The zero-order valence-electron chi connectivity index (χ0n) is 8.59. The van der Waals surface area contributed by atoms with E-state index >= 15 is 0 Å². The third kappa shape index (κ3) is 2.09. The summed E-state index contributed by atoms with van der Waals surface area (Å²) in [4.78, 5) is 2.22. The maximum absolute atomic E-state index is 13.2. The first kappa shape index (κ1) is 10.7. The largest absolute Gasteiger partial charge is 0.494 e. The van der Waals surface area contributed by atoms with E-state index in [0.29, 0.717) is 5.75 Å². The molecular formula is C11H13BrFNO. The van der Waals surface area contributed by atoms with Gasteiger partial charge >= 0.3 is 0 Å². The molecule has 82 valence electrons. The molecule has 1 aliphatic heterocycles. The minimum absolute atomic E-state index is 0.276. The highest BCUT2D eigenvalue weighted by Crippen LogP contribution is 2.38. The Balaban J connectivity index is 2.43. The lowest BCUT2D eigenvalue weighted by molar-refractivity contribution is 0.411. The predicted molar refractivity (Wildman–Crippen MR) is 62.1 cm³/mol. The van der Waals surface area contributed by atoms with Crippen molar-refractivity contribution in [2.24, 2.45) is 0 Å². The Morgan fingerprint density at radius 3 is 2.60 bits per heavy atom. The van der Waals surface area contributed by atoms with Gasteiger partial charge in [-0.05, 0) is 34.8 Å². The first-order valence-corrected chi connectivity index (χ1v) is 5.79. The molecule has 4 heteroatoms. The SMILES string of the molecule is COc1cc(F)cc(Br)c1N1CCCC1. The van der Waals surface area contributed by atoms with Crippen molar-refractivity contribution >= 4 is 21.6 Å². The molecule has 0 aliphatic carbocycles. The van der Waals surface area contributed by atoms with Gasteiger partial charge < -0.3 is 9.64 Å². The number of methoxy groups -OCH3 is 1. The first-order valence-electron chi connectivity index (χ1n) is 5.00. The molecule has 0 N–H and O–H groups in total. The van der Waals surface area contributed by atoms with Crippen LogP contribution in [-0.2, 0) is 0 Å². The fourth-order valence-electron chi connectivity index (χ4n) is 1.95. The Bertz CT molecular complexity index is 364. The van der Waals surface area contributed by atoms with Crippen LogP contribution in [0.2, 0.25) is 0 Å². The fourth-order valence-corrected chi connectivity index (χ4v) is 2.61. The third-order valence-electron chi connectivity index (χ3n) is 2.64. The van der Waals surface area contributed by atoms with Crippen LogP contribution in [0.4, 0.5) is 10.1 Å². The molecule has 0 spiro atoms. The lowest BCUT2D eigenvalue weighted by Gasteiger charge is -2.22. The van der Waals surface area contributed by atoms with E-state index in [1.165, 1.54) is 25.0 Å². The topological polar surface area (TPSA) is 12.5 Å². The summed E-state index contributed by atoms with van der Waals surface area (Å²) in [5.41, 5.74) is 0.969. The molecule has 1 aromatic carbocycles. The van der Waals surface area contributed by atoms with Gasteiger partial charge in [0.2, 0.25) is 0 Å². The van der Waals surface area contributed by atoms with Crippen LogP contribution in [0.15, 0.2) is 16.6 Å². The average Bonchev–Trinajstić information content (AvgIpc) is 2.69. The zero-order chi connectivity index (χ0) is 10.8. The van der Waals surface area contributed by atoms with Crippen LogP contribution in [0.5, 0.6) is 5.75 Å². The summed E-state index contributed by atoms with van der Waals surface area (Å²) in [6, 6.07) is 2.91. The van der Waals surface area contributed by atoms with Crippen LogP contribution in [-0.4, -0.2) is 20.2 Å². The van der Waals surface area contributed by atoms with E-state index in [1.54, 1.807) is 7.11 Å². The molecule has 0 atom stereocenters. The number of rotatable bonds is 2. The Morgan fingerprint density at radius 2 is 2.00 bits per heavy atom. The van der Waals surface area contributed by atoms with Crippen LogP contribution in [0.25, 0.3) is 0 Å². The zero-order valence-corrected chi connectivity index (χ0v) is 10.2. The van der Waals surface area contributed by atoms with E-state index in [1.807, 2.05) is 0 Å². The second-order valence-corrected chi connectivity index (χ2v) is 4.49. The molecule has 1 heterocycles. The quantitative estimate of drug-likeness (QED) is 0.821. The van der Waals surface area contributed by atoms with Crippen LogP contribution < -0.4 is 9.64 Å². The highest BCUT2D eigenvalue weighted by atomic mass is 79.9. The van der Waals surface area contributed by atoms with Gasteiger partial charge in [0.05, 0.1) is 12.8 Å². The molecule has 0 bridgehead atoms. The molecule has 2 rings (SSSR count). The van der Waals surface area contributed by atoms with Gasteiger partial charge in [-0.1, -0.05) is 0 Å². The number of halogens is 2. The average molecular weight is 274 g/mol. The number of ether oxygens (including phenoxy) is 1. The van der Waals surface area contributed by atoms with E-state index < -0.39 is 0 Å². The van der Waals surface area contributed by atoms with Gasteiger partial charge in [-0.25, -0.2) is 4.39 Å². The van der Waals surface area contributed by atoms with Crippen molar-refractivity contribution < 1.29 is 9.13 Å². The summed E-state index contributed by atoms with van der Waals surface area (Å²) < 4.78 is 19.1. The fraction of sp³-hybridized carbons (Fsp3) is 0.455. The van der Waals surface area contributed by atoms with Crippen LogP contribution in [0, 0.1) is 5.82 Å². The summed E-state index contributed by atoms with van der Waals surface area (Å²) in [6.07, 6.45) is 2.37. The molecule has 0 unspecified atom stereocenters. The van der Waals surface area contributed by atoms with E-state index in [9.17, 15) is 4.39 Å². The maximum atomic E-state index is 13.2. The molecular weight excluding hydrogens is 261 g/mol. The van der Waals surface area contributed by atoms with Crippen molar-refractivity contribution in [2.45, 2.75) is 12.8 Å². The second-order valence-electron chi connectivity index (χ2n) is 3.63. The summed E-state index contributed by atoms with van der Waals surface area (Å²) in [7, 11) is 1.57. The smallest absolute Gasteiger partial charge is 0.146 e. The number of benzene rings is 1. The van der Waals surface area contributed by atoms with Crippen LogP contribution >= 0.6 is 15.9 Å². The van der Waals surface area contributed by atoms with Crippen molar-refractivity contribution in [3.63, 3.8) is 0 Å². The molecule has 2 nitrogen and oxygen atoms in total. The molecule has 0 saturated carbocycles. The summed E-state index contributed by atoms with van der Waals surface area (Å²) in [6.45, 7) is 2.03. The van der Waals surface area contributed by atoms with Gasteiger partial charge in [0, 0.05) is 23.6 Å². The van der Waals surface area contributed by atoms with Gasteiger partial charge in [0.25, 0.3) is 0 Å². The van der Waals surface area contributed by atoms with Crippen molar-refractivity contribution in [3.8, 4) is 5.75 Å². The number of nitrogens with zero attached hydrogens (tertiary/aromatic N) is 1. The third-order valence-corrected chi connectivity index (χ3v) is 3.24. The maximum Gasteiger partial charge on any atom is 0.146 e. The Morgan fingerprint density at radius 1 is 1.33 bits per heavy atom. The van der Waals surface area contributed by atoms with Crippen molar-refractivity contribution in [2.75, 3.05) is 25.1 Å². The number of anilines is 1. The summed E-state index contributed by atoms with van der Waals surface area (Å²) >= 11 is 3.39. The molecule has 1 fully saturated rings. The lowest BCUT2D eigenvalue weighted by Crippen LogP contribution is -2.19. The normalized spacial score (nSPS) is 15.8.